The molecule has 0 aliphatic rings. The summed E-state index contributed by atoms with van der Waals surface area (Å²) < 4.78 is 0. The second kappa shape index (κ2) is 17.8. The van der Waals surface area contributed by atoms with E-state index in [1.54, 1.807) is 0 Å². The van der Waals surface area contributed by atoms with Crippen LogP contribution in [0.4, 0.5) is 0 Å². The van der Waals surface area contributed by atoms with Crippen LogP contribution in [0.15, 0.2) is 13.2 Å². The fourth-order valence-corrected chi connectivity index (χ4v) is 1.19. The molecule has 0 N–H and O–H groups in total. The minimum absolute atomic E-state index is 0.217. The summed E-state index contributed by atoms with van der Waals surface area (Å²) in [5, 5.41) is 0. The van der Waals surface area contributed by atoms with Crippen LogP contribution in [0.1, 0.15) is 53.4 Å². The van der Waals surface area contributed by atoms with Gasteiger partial charge in [0.05, 0.1) is 0 Å². The summed E-state index contributed by atoms with van der Waals surface area (Å²) in [6.07, 6.45) is 4.21. The van der Waals surface area contributed by atoms with E-state index in [9.17, 15) is 4.79 Å². The number of carbonyl (C=O) groups is 1. The highest BCUT2D eigenvalue weighted by Gasteiger charge is 2.05. The molecule has 2 heteroatoms. The Kier molecular flexibility index (Phi) is 22.6. The molecule has 0 aromatic rings. The minimum atomic E-state index is 0.217. The number of hydrogen-bond donors (Lipinski definition) is 0. The molecule has 2 nitrogen and oxygen atoms in total. The predicted octanol–water partition coefficient (Wildman–Crippen LogP) is 4.16. The van der Waals surface area contributed by atoms with Crippen LogP contribution in [0.2, 0.25) is 0 Å². The zero-order valence-electron chi connectivity index (χ0n) is 12.9. The van der Waals surface area contributed by atoms with Crippen molar-refractivity contribution in [2.75, 3.05) is 20.6 Å². The van der Waals surface area contributed by atoms with Crippen molar-refractivity contribution in [1.29, 1.82) is 0 Å². The third-order valence-electron chi connectivity index (χ3n) is 2.17. The minimum Gasteiger partial charge on any atom is -0.309 e. The van der Waals surface area contributed by atoms with Crippen LogP contribution in [0.5, 0.6) is 0 Å². The second-order valence-electron chi connectivity index (χ2n) is 4.23. The average Bonchev–Trinajstić information content (AvgIpc) is 2.33. The molecular formula is C15H33NO. The van der Waals surface area contributed by atoms with E-state index in [1.807, 2.05) is 27.7 Å². The van der Waals surface area contributed by atoms with Crippen LogP contribution in [0.3, 0.4) is 0 Å². The third kappa shape index (κ3) is 21.3. The fraction of sp³-hybridized carbons (Fsp3) is 0.800. The summed E-state index contributed by atoms with van der Waals surface area (Å²) in [4.78, 5) is 13.4. The van der Waals surface area contributed by atoms with Crippen molar-refractivity contribution in [3.63, 3.8) is 0 Å². The van der Waals surface area contributed by atoms with E-state index >= 15 is 0 Å². The summed E-state index contributed by atoms with van der Waals surface area (Å²) in [7, 11) is 4.17. The van der Waals surface area contributed by atoms with Crippen LogP contribution >= 0.6 is 0 Å². The van der Waals surface area contributed by atoms with Gasteiger partial charge < -0.3 is 4.90 Å². The Bertz CT molecular complexity index is 153. The zero-order valence-corrected chi connectivity index (χ0v) is 12.9. The summed E-state index contributed by atoms with van der Waals surface area (Å²) in [6.45, 7) is 15.1. The number of unbranched alkanes of at least 4 members (excludes halogenated alkanes) is 2. The van der Waals surface area contributed by atoms with E-state index in [2.05, 4.69) is 32.2 Å². The maximum atomic E-state index is 11.2. The molecule has 0 fully saturated rings. The number of carbonyl (C=O) groups excluding carboxylic acids is 1. The fourth-order valence-electron chi connectivity index (χ4n) is 1.19. The normalized spacial score (nSPS) is 9.18. The van der Waals surface area contributed by atoms with Crippen molar-refractivity contribution < 1.29 is 4.79 Å². The molecule has 0 aliphatic heterocycles. The van der Waals surface area contributed by atoms with Gasteiger partial charge in [-0.05, 0) is 33.5 Å². The lowest BCUT2D eigenvalue weighted by atomic mass is 10.0. The zero-order chi connectivity index (χ0) is 14.3. The second-order valence-corrected chi connectivity index (χ2v) is 4.23. The number of ketones is 1. The Morgan fingerprint density at radius 2 is 1.53 bits per heavy atom. The Labute approximate surface area is 109 Å². The van der Waals surface area contributed by atoms with E-state index in [-0.39, 0.29) is 5.92 Å². The van der Waals surface area contributed by atoms with Gasteiger partial charge in [-0.2, -0.15) is 0 Å². The predicted molar refractivity (Wildman–Crippen MR) is 79.5 cm³/mol. The van der Waals surface area contributed by atoms with Crippen molar-refractivity contribution >= 4 is 5.78 Å². The molecular weight excluding hydrogens is 210 g/mol. The number of nitrogens with zero attached hydrogens (tertiary/aromatic N) is 1. The van der Waals surface area contributed by atoms with Gasteiger partial charge in [-0.25, -0.2) is 0 Å². The molecule has 0 saturated carbocycles. The molecule has 0 heterocycles. The van der Waals surface area contributed by atoms with Crippen LogP contribution in [0.25, 0.3) is 0 Å². The molecule has 0 atom stereocenters. The van der Waals surface area contributed by atoms with E-state index < -0.39 is 0 Å². The Balaban J connectivity index is -0.000000439. The maximum Gasteiger partial charge on any atom is 0.135 e. The summed E-state index contributed by atoms with van der Waals surface area (Å²) in [5.41, 5.74) is 0. The van der Waals surface area contributed by atoms with Gasteiger partial charge in [0, 0.05) is 12.3 Å². The lowest BCUT2D eigenvalue weighted by Gasteiger charge is -2.08. The molecule has 0 unspecified atom stereocenters. The van der Waals surface area contributed by atoms with Gasteiger partial charge in [0.15, 0.2) is 0 Å². The van der Waals surface area contributed by atoms with Crippen molar-refractivity contribution in [2.45, 2.75) is 53.4 Å². The molecule has 104 valence electrons. The first kappa shape index (κ1) is 21.6. The molecule has 0 radical (unpaired) electrons. The van der Waals surface area contributed by atoms with Crippen molar-refractivity contribution in [3.05, 3.63) is 13.2 Å². The Morgan fingerprint density at radius 1 is 1.06 bits per heavy atom. The van der Waals surface area contributed by atoms with Crippen molar-refractivity contribution in [3.8, 4) is 0 Å². The van der Waals surface area contributed by atoms with Gasteiger partial charge in [0.2, 0.25) is 0 Å². The summed E-state index contributed by atoms with van der Waals surface area (Å²) in [5.74, 6) is 0.624. The molecule has 0 saturated heterocycles. The smallest absolute Gasteiger partial charge is 0.135 e. The molecule has 0 aromatic carbocycles. The Hall–Kier alpha value is -0.630. The molecule has 0 spiro atoms. The van der Waals surface area contributed by atoms with E-state index in [0.29, 0.717) is 5.78 Å². The van der Waals surface area contributed by atoms with E-state index in [0.717, 1.165) is 19.4 Å². The van der Waals surface area contributed by atoms with E-state index in [4.69, 9.17) is 0 Å². The van der Waals surface area contributed by atoms with Crippen molar-refractivity contribution in [1.82, 2.24) is 4.90 Å². The van der Waals surface area contributed by atoms with Gasteiger partial charge in [-0.1, -0.05) is 34.1 Å². The highest BCUT2D eigenvalue weighted by molar-refractivity contribution is 5.80. The number of Topliss-reactive ketones (excluding diaryl/α,β-unsaturated/α-hetero) is 1. The molecule has 0 amide bonds. The van der Waals surface area contributed by atoms with Gasteiger partial charge in [-0.15, -0.1) is 13.2 Å². The van der Waals surface area contributed by atoms with Crippen LogP contribution in [-0.2, 0) is 4.79 Å². The largest absolute Gasteiger partial charge is 0.309 e. The van der Waals surface area contributed by atoms with Gasteiger partial charge in [0.25, 0.3) is 0 Å². The Morgan fingerprint density at radius 3 is 1.88 bits per heavy atom. The molecule has 0 aliphatic carbocycles. The lowest BCUT2D eigenvalue weighted by Crippen LogP contribution is -2.13. The van der Waals surface area contributed by atoms with E-state index in [1.165, 1.54) is 12.8 Å². The third-order valence-corrected chi connectivity index (χ3v) is 2.17. The molecule has 0 bridgehead atoms. The van der Waals surface area contributed by atoms with Crippen molar-refractivity contribution in [2.24, 2.45) is 5.92 Å². The monoisotopic (exact) mass is 243 g/mol. The SMILES string of the molecule is C=C.CC.CC(C)C(=O)CCCCCN(C)C. The topological polar surface area (TPSA) is 20.3 Å². The first-order chi connectivity index (χ1) is 8.04. The van der Waals surface area contributed by atoms with Gasteiger partial charge in [-0.3, -0.25) is 4.79 Å². The van der Waals surface area contributed by atoms with Crippen LogP contribution < -0.4 is 0 Å². The first-order valence-corrected chi connectivity index (χ1v) is 6.71. The maximum absolute atomic E-state index is 11.2. The lowest BCUT2D eigenvalue weighted by molar-refractivity contribution is -0.122. The number of hydrogen-bond acceptors (Lipinski definition) is 2. The molecule has 0 rings (SSSR count). The highest BCUT2D eigenvalue weighted by Crippen LogP contribution is 2.06. The average molecular weight is 243 g/mol. The number of rotatable bonds is 7. The molecule has 17 heavy (non-hydrogen) atoms. The summed E-state index contributed by atoms with van der Waals surface area (Å²) >= 11 is 0. The summed E-state index contributed by atoms with van der Waals surface area (Å²) in [6, 6.07) is 0. The van der Waals surface area contributed by atoms with Gasteiger partial charge >= 0.3 is 0 Å². The standard InChI is InChI=1S/C11H23NO.C2H6.C2H4/c1-10(2)11(13)8-6-5-7-9-12(3)4;2*1-2/h10H,5-9H2,1-4H3;1-2H3;1-2H2. The van der Waals surface area contributed by atoms with Gasteiger partial charge in [0.1, 0.15) is 5.78 Å². The first-order valence-electron chi connectivity index (χ1n) is 6.71. The van der Waals surface area contributed by atoms with Crippen LogP contribution in [0, 0.1) is 5.92 Å². The molecule has 0 aromatic heterocycles. The van der Waals surface area contributed by atoms with Crippen LogP contribution in [-0.4, -0.2) is 31.3 Å². The highest BCUT2D eigenvalue weighted by atomic mass is 16.1. The quantitative estimate of drug-likeness (QED) is 0.494.